The Bertz CT molecular complexity index is 612. The van der Waals surface area contributed by atoms with E-state index in [0.717, 1.165) is 5.69 Å². The highest BCUT2D eigenvalue weighted by Crippen LogP contribution is 2.17. The van der Waals surface area contributed by atoms with Crippen molar-refractivity contribution in [1.29, 1.82) is 0 Å². The van der Waals surface area contributed by atoms with Crippen LogP contribution in [0.3, 0.4) is 0 Å². The van der Waals surface area contributed by atoms with E-state index in [4.69, 9.17) is 11.6 Å². The number of hydrogen-bond acceptors (Lipinski definition) is 3. The molecule has 100 valence electrons. The first kappa shape index (κ1) is 13.5. The van der Waals surface area contributed by atoms with Crippen molar-refractivity contribution in [1.82, 2.24) is 19.6 Å². The van der Waals surface area contributed by atoms with E-state index in [-0.39, 0.29) is 5.78 Å². The van der Waals surface area contributed by atoms with Gasteiger partial charge in [-0.1, -0.05) is 11.6 Å². The lowest BCUT2D eigenvalue weighted by Crippen LogP contribution is -2.07. The van der Waals surface area contributed by atoms with Crippen LogP contribution >= 0.6 is 11.6 Å². The summed E-state index contributed by atoms with van der Waals surface area (Å²) in [6, 6.07) is 1.70. The summed E-state index contributed by atoms with van der Waals surface area (Å²) < 4.78 is 3.40. The summed E-state index contributed by atoms with van der Waals surface area (Å²) >= 11 is 6.03. The lowest BCUT2D eigenvalue weighted by atomic mass is 10.2. The van der Waals surface area contributed by atoms with Crippen molar-refractivity contribution in [2.24, 2.45) is 0 Å². The third-order valence-electron chi connectivity index (χ3n) is 2.79. The summed E-state index contributed by atoms with van der Waals surface area (Å²) in [6.45, 7) is 5.27. The molecule has 2 heterocycles. The SMILES string of the molecule is CCn1nccc1C(=O)/C=C/c1c(Cl)cnn1CC. The van der Waals surface area contributed by atoms with Crippen molar-refractivity contribution >= 4 is 23.5 Å². The van der Waals surface area contributed by atoms with E-state index < -0.39 is 0 Å². The van der Waals surface area contributed by atoms with Crippen LogP contribution in [0.1, 0.15) is 30.0 Å². The molecule has 19 heavy (non-hydrogen) atoms. The van der Waals surface area contributed by atoms with Crippen LogP contribution < -0.4 is 0 Å². The normalized spacial score (nSPS) is 11.3. The molecule has 5 nitrogen and oxygen atoms in total. The summed E-state index contributed by atoms with van der Waals surface area (Å²) in [5.74, 6) is -0.0979. The Kier molecular flexibility index (Phi) is 4.16. The molecule has 0 amide bonds. The number of allylic oxidation sites excluding steroid dienone is 1. The Balaban J connectivity index is 2.23. The third-order valence-corrected chi connectivity index (χ3v) is 3.09. The molecule has 2 aromatic rings. The summed E-state index contributed by atoms with van der Waals surface area (Å²) in [6.07, 6.45) is 6.38. The number of ketones is 1. The summed E-state index contributed by atoms with van der Waals surface area (Å²) in [7, 11) is 0. The number of carbonyl (C=O) groups excluding carboxylic acids is 1. The molecule has 0 spiro atoms. The molecule has 0 saturated carbocycles. The molecule has 0 N–H and O–H groups in total. The Morgan fingerprint density at radius 2 is 2.05 bits per heavy atom. The van der Waals surface area contributed by atoms with Gasteiger partial charge in [0.25, 0.3) is 0 Å². The van der Waals surface area contributed by atoms with Crippen LogP contribution in [0.2, 0.25) is 5.02 Å². The first-order valence-electron chi connectivity index (χ1n) is 6.12. The standard InChI is InChI=1S/C13H15ClN4O/c1-3-17-11(10(14)9-16-17)5-6-13(19)12-7-8-15-18(12)4-2/h5-9H,3-4H2,1-2H3/b6-5+. The zero-order chi connectivity index (χ0) is 13.8. The minimum atomic E-state index is -0.0979. The topological polar surface area (TPSA) is 52.7 Å². The third kappa shape index (κ3) is 2.76. The zero-order valence-corrected chi connectivity index (χ0v) is 11.6. The second kappa shape index (κ2) is 5.84. The fourth-order valence-corrected chi connectivity index (χ4v) is 2.03. The molecule has 0 radical (unpaired) electrons. The second-order valence-electron chi connectivity index (χ2n) is 3.92. The number of halogens is 1. The number of carbonyl (C=O) groups is 1. The molecule has 0 aliphatic heterocycles. The van der Waals surface area contributed by atoms with E-state index in [2.05, 4.69) is 10.2 Å². The van der Waals surface area contributed by atoms with Gasteiger partial charge in [0, 0.05) is 19.3 Å². The van der Waals surface area contributed by atoms with Crippen molar-refractivity contribution in [3.05, 3.63) is 40.9 Å². The molecule has 2 rings (SSSR count). The number of rotatable bonds is 5. The van der Waals surface area contributed by atoms with Crippen molar-refractivity contribution < 1.29 is 4.79 Å². The Labute approximate surface area is 116 Å². The maximum atomic E-state index is 12.1. The number of hydrogen-bond donors (Lipinski definition) is 0. The predicted octanol–water partition coefficient (Wildman–Crippen LogP) is 2.67. The maximum Gasteiger partial charge on any atom is 0.203 e. The van der Waals surface area contributed by atoms with Crippen LogP contribution in [0.15, 0.2) is 24.5 Å². The Hall–Kier alpha value is -1.88. The van der Waals surface area contributed by atoms with Gasteiger partial charge in [-0.25, -0.2) is 0 Å². The molecule has 0 aromatic carbocycles. The summed E-state index contributed by atoms with van der Waals surface area (Å²) in [4.78, 5) is 12.1. The van der Waals surface area contributed by atoms with Gasteiger partial charge in [0.2, 0.25) is 5.78 Å². The van der Waals surface area contributed by atoms with E-state index >= 15 is 0 Å². The van der Waals surface area contributed by atoms with Crippen LogP contribution in [0.5, 0.6) is 0 Å². The summed E-state index contributed by atoms with van der Waals surface area (Å²) in [5, 5.41) is 8.72. The van der Waals surface area contributed by atoms with Gasteiger partial charge in [-0.2, -0.15) is 10.2 Å². The van der Waals surface area contributed by atoms with Crippen molar-refractivity contribution in [2.45, 2.75) is 26.9 Å². The van der Waals surface area contributed by atoms with E-state index in [1.54, 1.807) is 33.9 Å². The van der Waals surface area contributed by atoms with E-state index in [0.29, 0.717) is 23.8 Å². The lowest BCUT2D eigenvalue weighted by Gasteiger charge is -2.01. The molecule has 0 unspecified atom stereocenters. The minimum Gasteiger partial charge on any atom is -0.288 e. The fraction of sp³-hybridized carbons (Fsp3) is 0.308. The van der Waals surface area contributed by atoms with E-state index in [1.807, 2.05) is 13.8 Å². The molecule has 0 saturated heterocycles. The molecule has 6 heteroatoms. The van der Waals surface area contributed by atoms with Crippen LogP contribution in [-0.4, -0.2) is 25.3 Å². The number of nitrogens with zero attached hydrogens (tertiary/aromatic N) is 4. The fourth-order valence-electron chi connectivity index (χ4n) is 1.82. The van der Waals surface area contributed by atoms with Gasteiger partial charge in [0.15, 0.2) is 0 Å². The smallest absolute Gasteiger partial charge is 0.203 e. The van der Waals surface area contributed by atoms with Crippen molar-refractivity contribution in [2.75, 3.05) is 0 Å². The number of aryl methyl sites for hydroxylation is 2. The average molecular weight is 279 g/mol. The highest BCUT2D eigenvalue weighted by atomic mass is 35.5. The molecule has 0 bridgehead atoms. The van der Waals surface area contributed by atoms with Gasteiger partial charge in [0.05, 0.1) is 16.9 Å². The molecular weight excluding hydrogens is 264 g/mol. The van der Waals surface area contributed by atoms with Gasteiger partial charge < -0.3 is 0 Å². The van der Waals surface area contributed by atoms with E-state index in [1.165, 1.54) is 6.08 Å². The van der Waals surface area contributed by atoms with Crippen LogP contribution in [0, 0.1) is 0 Å². The van der Waals surface area contributed by atoms with Gasteiger partial charge in [0.1, 0.15) is 5.69 Å². The highest BCUT2D eigenvalue weighted by Gasteiger charge is 2.09. The molecule has 2 aromatic heterocycles. The molecule has 0 fully saturated rings. The Morgan fingerprint density at radius 3 is 2.74 bits per heavy atom. The first-order chi connectivity index (χ1) is 9.17. The second-order valence-corrected chi connectivity index (χ2v) is 4.33. The summed E-state index contributed by atoms with van der Waals surface area (Å²) in [5.41, 5.74) is 1.30. The van der Waals surface area contributed by atoms with Crippen LogP contribution in [0.25, 0.3) is 6.08 Å². The molecule has 0 atom stereocenters. The van der Waals surface area contributed by atoms with Crippen LogP contribution in [0.4, 0.5) is 0 Å². The minimum absolute atomic E-state index is 0.0979. The average Bonchev–Trinajstić information content (AvgIpc) is 3.02. The molecular formula is C13H15ClN4O. The quantitative estimate of drug-likeness (QED) is 0.624. The Morgan fingerprint density at radius 1 is 1.32 bits per heavy atom. The van der Waals surface area contributed by atoms with Crippen molar-refractivity contribution in [3.63, 3.8) is 0 Å². The molecule has 0 aliphatic rings. The van der Waals surface area contributed by atoms with E-state index in [9.17, 15) is 4.79 Å². The predicted molar refractivity (Wildman–Crippen MR) is 74.2 cm³/mol. The largest absolute Gasteiger partial charge is 0.288 e. The van der Waals surface area contributed by atoms with Gasteiger partial charge in [-0.15, -0.1) is 0 Å². The van der Waals surface area contributed by atoms with Crippen LogP contribution in [-0.2, 0) is 13.1 Å². The highest BCUT2D eigenvalue weighted by molar-refractivity contribution is 6.31. The zero-order valence-electron chi connectivity index (χ0n) is 10.9. The monoisotopic (exact) mass is 278 g/mol. The first-order valence-corrected chi connectivity index (χ1v) is 6.50. The number of aromatic nitrogens is 4. The van der Waals surface area contributed by atoms with Crippen molar-refractivity contribution in [3.8, 4) is 0 Å². The molecule has 0 aliphatic carbocycles. The van der Waals surface area contributed by atoms with Gasteiger partial charge >= 0.3 is 0 Å². The maximum absolute atomic E-state index is 12.1. The van der Waals surface area contributed by atoms with Gasteiger partial charge in [-0.05, 0) is 32.1 Å². The van der Waals surface area contributed by atoms with Gasteiger partial charge in [-0.3, -0.25) is 14.2 Å². The lowest BCUT2D eigenvalue weighted by molar-refractivity contribution is 0.103.